The molecule has 1 amide bonds. The van der Waals surface area contributed by atoms with Gasteiger partial charge in [-0.2, -0.15) is 0 Å². The van der Waals surface area contributed by atoms with E-state index in [0.29, 0.717) is 11.5 Å². The van der Waals surface area contributed by atoms with Crippen molar-refractivity contribution in [1.29, 1.82) is 0 Å². The number of alkyl halides is 1. The van der Waals surface area contributed by atoms with Crippen LogP contribution in [0.25, 0.3) is 0 Å². The monoisotopic (exact) mass is 311 g/mol. The first-order valence-corrected chi connectivity index (χ1v) is 7.36. The molecule has 0 N–H and O–H groups in total. The Balaban J connectivity index is 2.03. The molecule has 1 aromatic carbocycles. The van der Waals surface area contributed by atoms with Crippen molar-refractivity contribution in [2.45, 2.75) is 12.8 Å². The number of benzene rings is 1. The number of methoxy groups -OCH3 is 1. The summed E-state index contributed by atoms with van der Waals surface area (Å²) in [7, 11) is 1.62. The van der Waals surface area contributed by atoms with Crippen molar-refractivity contribution >= 4 is 21.8 Å². The highest BCUT2D eigenvalue weighted by molar-refractivity contribution is 9.09. The maximum Gasteiger partial charge on any atom is 0.253 e. The molecule has 1 saturated heterocycles. The Kier molecular flexibility index (Phi) is 4.64. The predicted octanol–water partition coefficient (Wildman–Crippen LogP) is 2.94. The van der Waals surface area contributed by atoms with Crippen LogP contribution in [0.4, 0.5) is 0 Å². The Morgan fingerprint density at radius 1 is 1.56 bits per heavy atom. The molecule has 0 saturated carbocycles. The summed E-state index contributed by atoms with van der Waals surface area (Å²) in [6.45, 7) is 1.75. The van der Waals surface area contributed by atoms with Gasteiger partial charge in [-0.15, -0.1) is 0 Å². The summed E-state index contributed by atoms with van der Waals surface area (Å²) in [4.78, 5) is 14.3. The van der Waals surface area contributed by atoms with Gasteiger partial charge in [0.15, 0.2) is 0 Å². The molecule has 3 nitrogen and oxygen atoms in total. The van der Waals surface area contributed by atoms with E-state index in [4.69, 9.17) is 4.74 Å². The van der Waals surface area contributed by atoms with Crippen LogP contribution in [0.15, 0.2) is 24.3 Å². The first-order valence-electron chi connectivity index (χ1n) is 6.24. The zero-order valence-corrected chi connectivity index (χ0v) is 12.1. The van der Waals surface area contributed by atoms with Crippen LogP contribution in [0, 0.1) is 5.92 Å². The number of likely N-dealkylation sites (tertiary alicyclic amines) is 1. The van der Waals surface area contributed by atoms with Crippen LogP contribution in [-0.2, 0) is 0 Å². The second kappa shape index (κ2) is 6.23. The molecule has 0 bridgehead atoms. The normalized spacial score (nSPS) is 19.0. The van der Waals surface area contributed by atoms with Gasteiger partial charge in [-0.3, -0.25) is 4.79 Å². The van der Waals surface area contributed by atoms with Gasteiger partial charge in [-0.1, -0.05) is 22.0 Å². The maximum atomic E-state index is 12.3. The molecule has 1 unspecified atom stereocenters. The van der Waals surface area contributed by atoms with Crippen LogP contribution in [0.1, 0.15) is 23.2 Å². The molecule has 1 heterocycles. The van der Waals surface area contributed by atoms with E-state index in [1.165, 1.54) is 0 Å². The highest BCUT2D eigenvalue weighted by Gasteiger charge is 2.26. The van der Waals surface area contributed by atoms with E-state index in [0.717, 1.165) is 37.0 Å². The minimum atomic E-state index is 0.117. The van der Waals surface area contributed by atoms with E-state index in [2.05, 4.69) is 15.9 Å². The summed E-state index contributed by atoms with van der Waals surface area (Å²) in [6.07, 6.45) is 2.25. The van der Waals surface area contributed by atoms with Crippen LogP contribution in [-0.4, -0.2) is 36.3 Å². The van der Waals surface area contributed by atoms with E-state index >= 15 is 0 Å². The van der Waals surface area contributed by atoms with Gasteiger partial charge in [-0.05, 0) is 37.0 Å². The van der Waals surface area contributed by atoms with Crippen molar-refractivity contribution in [3.8, 4) is 5.75 Å². The summed E-state index contributed by atoms with van der Waals surface area (Å²) < 4.78 is 5.15. The molecule has 1 atom stereocenters. The van der Waals surface area contributed by atoms with Crippen LogP contribution in [0.2, 0.25) is 0 Å². The number of hydrogen-bond acceptors (Lipinski definition) is 2. The molecule has 1 aliphatic rings. The average molecular weight is 312 g/mol. The van der Waals surface area contributed by atoms with Gasteiger partial charge in [0.1, 0.15) is 5.75 Å². The van der Waals surface area contributed by atoms with Crippen molar-refractivity contribution in [2.24, 2.45) is 5.92 Å². The second-order valence-electron chi connectivity index (χ2n) is 4.62. The summed E-state index contributed by atoms with van der Waals surface area (Å²) in [5.41, 5.74) is 0.717. The highest BCUT2D eigenvalue weighted by atomic mass is 79.9. The fourth-order valence-electron chi connectivity index (χ4n) is 2.35. The third-order valence-corrected chi connectivity index (χ3v) is 3.86. The molecule has 0 radical (unpaired) electrons. The Hall–Kier alpha value is -1.03. The number of nitrogens with zero attached hydrogens (tertiary/aromatic N) is 1. The van der Waals surface area contributed by atoms with E-state index in [1.807, 2.05) is 23.1 Å². The largest absolute Gasteiger partial charge is 0.497 e. The third kappa shape index (κ3) is 3.05. The van der Waals surface area contributed by atoms with Crippen LogP contribution in [0.3, 0.4) is 0 Å². The van der Waals surface area contributed by atoms with Crippen LogP contribution < -0.4 is 4.74 Å². The van der Waals surface area contributed by atoms with Crippen molar-refractivity contribution in [2.75, 3.05) is 25.5 Å². The first-order chi connectivity index (χ1) is 8.74. The lowest BCUT2D eigenvalue weighted by molar-refractivity contribution is 0.0786. The molecular weight excluding hydrogens is 294 g/mol. The van der Waals surface area contributed by atoms with E-state index in [-0.39, 0.29) is 5.91 Å². The Morgan fingerprint density at radius 3 is 3.11 bits per heavy atom. The minimum Gasteiger partial charge on any atom is -0.497 e. The molecule has 1 aliphatic heterocycles. The summed E-state index contributed by atoms with van der Waals surface area (Å²) in [5.74, 6) is 1.49. The Morgan fingerprint density at radius 2 is 2.39 bits per heavy atom. The minimum absolute atomic E-state index is 0.117. The van der Waals surface area contributed by atoms with E-state index in [1.54, 1.807) is 13.2 Å². The number of halogens is 1. The number of rotatable bonds is 4. The molecule has 18 heavy (non-hydrogen) atoms. The molecule has 0 aromatic heterocycles. The fourth-order valence-corrected chi connectivity index (χ4v) is 2.99. The van der Waals surface area contributed by atoms with Gasteiger partial charge in [0.2, 0.25) is 0 Å². The zero-order valence-electron chi connectivity index (χ0n) is 10.6. The van der Waals surface area contributed by atoms with E-state index < -0.39 is 0 Å². The molecule has 2 rings (SSSR count). The third-order valence-electron chi connectivity index (χ3n) is 3.41. The van der Waals surface area contributed by atoms with Gasteiger partial charge < -0.3 is 9.64 Å². The maximum absolute atomic E-state index is 12.3. The fraction of sp³-hybridized carbons (Fsp3) is 0.500. The lowest BCUT2D eigenvalue weighted by Gasteiger charge is -2.16. The molecule has 0 aliphatic carbocycles. The molecule has 98 valence electrons. The van der Waals surface area contributed by atoms with Crippen molar-refractivity contribution in [3.63, 3.8) is 0 Å². The number of carbonyl (C=O) groups is 1. The first kappa shape index (κ1) is 13.4. The Bertz CT molecular complexity index is 422. The molecule has 4 heteroatoms. The van der Waals surface area contributed by atoms with Crippen LogP contribution in [0.5, 0.6) is 5.75 Å². The predicted molar refractivity (Wildman–Crippen MR) is 75.4 cm³/mol. The van der Waals surface area contributed by atoms with E-state index in [9.17, 15) is 4.79 Å². The standard InChI is InChI=1S/C14H18BrNO2/c1-18-13-4-2-3-12(9-13)14(17)16-8-6-11(10-16)5-7-15/h2-4,9,11H,5-8,10H2,1H3. The molecule has 1 aromatic rings. The number of hydrogen-bond donors (Lipinski definition) is 0. The highest BCUT2D eigenvalue weighted by Crippen LogP contribution is 2.23. The van der Waals surface area contributed by atoms with Gasteiger partial charge in [0.25, 0.3) is 5.91 Å². The number of amides is 1. The second-order valence-corrected chi connectivity index (χ2v) is 5.41. The topological polar surface area (TPSA) is 29.5 Å². The number of carbonyl (C=O) groups excluding carboxylic acids is 1. The summed E-state index contributed by atoms with van der Waals surface area (Å²) >= 11 is 3.46. The van der Waals surface area contributed by atoms with Gasteiger partial charge >= 0.3 is 0 Å². The van der Waals surface area contributed by atoms with Crippen molar-refractivity contribution in [3.05, 3.63) is 29.8 Å². The smallest absolute Gasteiger partial charge is 0.253 e. The molecule has 1 fully saturated rings. The molecular formula is C14H18BrNO2. The van der Waals surface area contributed by atoms with Gasteiger partial charge in [-0.25, -0.2) is 0 Å². The number of ether oxygens (including phenoxy) is 1. The quantitative estimate of drug-likeness (QED) is 0.800. The van der Waals surface area contributed by atoms with Crippen molar-refractivity contribution < 1.29 is 9.53 Å². The lowest BCUT2D eigenvalue weighted by Crippen LogP contribution is -2.28. The van der Waals surface area contributed by atoms with Gasteiger partial charge in [0.05, 0.1) is 7.11 Å². The van der Waals surface area contributed by atoms with Crippen LogP contribution >= 0.6 is 15.9 Å². The Labute approximate surface area is 116 Å². The lowest BCUT2D eigenvalue weighted by atomic mass is 10.1. The van der Waals surface area contributed by atoms with Crippen molar-refractivity contribution in [1.82, 2.24) is 4.90 Å². The molecule has 0 spiro atoms. The summed E-state index contributed by atoms with van der Waals surface area (Å²) in [5, 5.41) is 1.01. The average Bonchev–Trinajstić information content (AvgIpc) is 2.87. The SMILES string of the molecule is COc1cccc(C(=O)N2CCC(CCBr)C2)c1. The summed E-state index contributed by atoms with van der Waals surface area (Å²) in [6, 6.07) is 7.37. The van der Waals surface area contributed by atoms with Gasteiger partial charge in [0, 0.05) is 24.0 Å². The zero-order chi connectivity index (χ0) is 13.0.